The van der Waals surface area contributed by atoms with E-state index in [-0.39, 0.29) is 5.75 Å². The van der Waals surface area contributed by atoms with Gasteiger partial charge in [0.1, 0.15) is 6.54 Å². The molecule has 0 saturated carbocycles. The van der Waals surface area contributed by atoms with Crippen molar-refractivity contribution in [3.8, 4) is 0 Å². The van der Waals surface area contributed by atoms with Crippen LogP contribution in [0.2, 0.25) is 0 Å². The van der Waals surface area contributed by atoms with Gasteiger partial charge in [-0.3, -0.25) is 9.80 Å². The molecule has 6 nitrogen and oxygen atoms in total. The summed E-state index contributed by atoms with van der Waals surface area (Å²) in [4.78, 5) is 12.9. The Hall–Kier alpha value is -1.60. The van der Waals surface area contributed by atoms with Crippen molar-refractivity contribution in [3.05, 3.63) is 30.3 Å². The molecule has 0 saturated heterocycles. The minimum absolute atomic E-state index is 0.115. The van der Waals surface area contributed by atoms with Gasteiger partial charge in [-0.25, -0.2) is 8.42 Å². The number of carboxylic acid groups (broad SMARTS) is 1. The highest BCUT2D eigenvalue weighted by molar-refractivity contribution is 7.89. The van der Waals surface area contributed by atoms with Crippen LogP contribution in [0.4, 0.5) is 5.69 Å². The molecule has 0 aromatic heterocycles. The SMILES string of the molecule is CCS(=O)(=O)NN(CC(=O)O)c1ccccc1. The molecule has 2 N–H and O–H groups in total. The van der Waals surface area contributed by atoms with E-state index in [4.69, 9.17) is 5.11 Å². The maximum Gasteiger partial charge on any atom is 0.324 e. The predicted molar refractivity (Wildman–Crippen MR) is 64.0 cm³/mol. The number of rotatable bonds is 6. The van der Waals surface area contributed by atoms with Crippen LogP contribution in [0.3, 0.4) is 0 Å². The summed E-state index contributed by atoms with van der Waals surface area (Å²) in [7, 11) is -3.50. The molecular formula is C10H14N2O4S. The third kappa shape index (κ3) is 4.41. The van der Waals surface area contributed by atoms with E-state index in [1.807, 2.05) is 0 Å². The van der Waals surface area contributed by atoms with Gasteiger partial charge in [0.15, 0.2) is 0 Å². The third-order valence-corrected chi connectivity index (χ3v) is 3.25. The second-order valence-electron chi connectivity index (χ2n) is 3.31. The number of sulfonamides is 1. The first kappa shape index (κ1) is 13.5. The summed E-state index contributed by atoms with van der Waals surface area (Å²) in [6.07, 6.45) is 0. The Morgan fingerprint density at radius 1 is 1.35 bits per heavy atom. The molecule has 0 radical (unpaired) electrons. The van der Waals surface area contributed by atoms with E-state index in [1.54, 1.807) is 30.3 Å². The monoisotopic (exact) mass is 258 g/mol. The highest BCUT2D eigenvalue weighted by Gasteiger charge is 2.16. The molecule has 17 heavy (non-hydrogen) atoms. The quantitative estimate of drug-likeness (QED) is 0.723. The van der Waals surface area contributed by atoms with Gasteiger partial charge in [0.25, 0.3) is 0 Å². The smallest absolute Gasteiger partial charge is 0.324 e. The van der Waals surface area contributed by atoms with Gasteiger partial charge in [0.2, 0.25) is 10.0 Å². The number of hydrogen-bond donors (Lipinski definition) is 2. The molecule has 0 aliphatic heterocycles. The molecular weight excluding hydrogens is 244 g/mol. The van der Waals surface area contributed by atoms with Crippen molar-refractivity contribution in [3.63, 3.8) is 0 Å². The average Bonchev–Trinajstić information content (AvgIpc) is 2.28. The summed E-state index contributed by atoms with van der Waals surface area (Å²) in [5, 5.41) is 9.82. The van der Waals surface area contributed by atoms with Crippen molar-refractivity contribution >= 4 is 21.7 Å². The molecule has 0 heterocycles. The fourth-order valence-electron chi connectivity index (χ4n) is 1.15. The molecule has 0 unspecified atom stereocenters. The first-order chi connectivity index (χ1) is 7.94. The van der Waals surface area contributed by atoms with Crippen LogP contribution in [0.1, 0.15) is 6.92 Å². The number of hydrogen-bond acceptors (Lipinski definition) is 4. The van der Waals surface area contributed by atoms with Crippen LogP contribution < -0.4 is 9.84 Å². The fraction of sp³-hybridized carbons (Fsp3) is 0.300. The maximum atomic E-state index is 11.4. The lowest BCUT2D eigenvalue weighted by molar-refractivity contribution is -0.135. The zero-order valence-electron chi connectivity index (χ0n) is 9.33. The fourth-order valence-corrected chi connectivity index (χ4v) is 1.79. The van der Waals surface area contributed by atoms with Crippen LogP contribution in [0.15, 0.2) is 30.3 Å². The van der Waals surface area contributed by atoms with E-state index in [9.17, 15) is 13.2 Å². The van der Waals surface area contributed by atoms with E-state index in [0.717, 1.165) is 5.01 Å². The van der Waals surface area contributed by atoms with E-state index < -0.39 is 22.5 Å². The van der Waals surface area contributed by atoms with Gasteiger partial charge >= 0.3 is 5.97 Å². The molecule has 1 aromatic carbocycles. The number of aliphatic carboxylic acids is 1. The molecule has 0 bridgehead atoms. The lowest BCUT2D eigenvalue weighted by Gasteiger charge is -2.22. The maximum absolute atomic E-state index is 11.4. The number of nitrogens with zero attached hydrogens (tertiary/aromatic N) is 1. The van der Waals surface area contributed by atoms with Gasteiger partial charge in [-0.05, 0) is 19.1 Å². The minimum atomic E-state index is -3.50. The van der Waals surface area contributed by atoms with Crippen LogP contribution in [0, 0.1) is 0 Å². The number of carbonyl (C=O) groups is 1. The molecule has 0 fully saturated rings. The van der Waals surface area contributed by atoms with Crippen molar-refractivity contribution in [1.82, 2.24) is 4.83 Å². The highest BCUT2D eigenvalue weighted by atomic mass is 32.2. The molecule has 0 aliphatic carbocycles. The minimum Gasteiger partial charge on any atom is -0.480 e. The van der Waals surface area contributed by atoms with Crippen LogP contribution in [-0.2, 0) is 14.8 Å². The predicted octanol–water partition coefficient (Wildman–Crippen LogP) is 0.432. The summed E-state index contributed by atoms with van der Waals surface area (Å²) in [5.74, 6) is -1.23. The van der Waals surface area contributed by atoms with Crippen molar-refractivity contribution in [2.45, 2.75) is 6.92 Å². The molecule has 0 atom stereocenters. The molecule has 1 aromatic rings. The zero-order valence-corrected chi connectivity index (χ0v) is 10.1. The van der Waals surface area contributed by atoms with E-state index in [1.165, 1.54) is 6.92 Å². The lowest BCUT2D eigenvalue weighted by atomic mass is 10.3. The van der Waals surface area contributed by atoms with Crippen LogP contribution in [0.5, 0.6) is 0 Å². The molecule has 7 heteroatoms. The zero-order chi connectivity index (χ0) is 12.9. The van der Waals surface area contributed by atoms with Crippen molar-refractivity contribution in [1.29, 1.82) is 0 Å². The summed E-state index contributed by atoms with van der Waals surface area (Å²) in [6.45, 7) is 1.04. The van der Waals surface area contributed by atoms with Gasteiger partial charge in [-0.15, -0.1) is 4.83 Å². The molecule has 0 amide bonds. The van der Waals surface area contributed by atoms with Crippen molar-refractivity contribution in [2.75, 3.05) is 17.3 Å². The summed E-state index contributed by atoms with van der Waals surface area (Å²) in [6, 6.07) is 8.41. The highest BCUT2D eigenvalue weighted by Crippen LogP contribution is 2.11. The van der Waals surface area contributed by atoms with E-state index >= 15 is 0 Å². The number of carboxylic acids is 1. The normalized spacial score (nSPS) is 11.1. The molecule has 0 spiro atoms. The Morgan fingerprint density at radius 3 is 2.41 bits per heavy atom. The van der Waals surface area contributed by atoms with Gasteiger partial charge in [-0.2, -0.15) is 0 Å². The Bertz CT molecular complexity index is 472. The molecule has 94 valence electrons. The summed E-state index contributed by atoms with van der Waals surface area (Å²) < 4.78 is 22.8. The Balaban J connectivity index is 2.93. The second kappa shape index (κ2) is 5.65. The van der Waals surface area contributed by atoms with E-state index in [0.29, 0.717) is 5.69 Å². The Morgan fingerprint density at radius 2 is 1.94 bits per heavy atom. The van der Waals surface area contributed by atoms with Crippen LogP contribution in [0.25, 0.3) is 0 Å². The first-order valence-electron chi connectivity index (χ1n) is 4.99. The Kier molecular flexibility index (Phi) is 4.47. The molecule has 0 aliphatic rings. The van der Waals surface area contributed by atoms with Gasteiger partial charge in [0.05, 0.1) is 11.4 Å². The number of nitrogens with one attached hydrogen (secondary N) is 1. The lowest BCUT2D eigenvalue weighted by Crippen LogP contribution is -2.45. The number of benzene rings is 1. The third-order valence-electron chi connectivity index (χ3n) is 1.99. The van der Waals surface area contributed by atoms with Crippen molar-refractivity contribution < 1.29 is 18.3 Å². The first-order valence-corrected chi connectivity index (χ1v) is 6.64. The standard InChI is InChI=1S/C10H14N2O4S/c1-2-17(15,16)11-12(8-10(13)14)9-6-4-3-5-7-9/h3-7,11H,2,8H2,1H3,(H,13,14). The van der Waals surface area contributed by atoms with Gasteiger partial charge in [0, 0.05) is 0 Å². The topological polar surface area (TPSA) is 86.7 Å². The number of hydrazine groups is 1. The average molecular weight is 258 g/mol. The summed E-state index contributed by atoms with van der Waals surface area (Å²) in [5.41, 5.74) is 0.479. The Labute approximate surface area is 99.9 Å². The van der Waals surface area contributed by atoms with Crippen LogP contribution >= 0.6 is 0 Å². The largest absolute Gasteiger partial charge is 0.480 e. The summed E-state index contributed by atoms with van der Waals surface area (Å²) >= 11 is 0. The van der Waals surface area contributed by atoms with Crippen molar-refractivity contribution in [2.24, 2.45) is 0 Å². The molecule has 1 rings (SSSR count). The van der Waals surface area contributed by atoms with Gasteiger partial charge in [-0.1, -0.05) is 18.2 Å². The number of para-hydroxylation sites is 1. The second-order valence-corrected chi connectivity index (χ2v) is 5.30. The number of anilines is 1. The van der Waals surface area contributed by atoms with Gasteiger partial charge < -0.3 is 5.11 Å². The van der Waals surface area contributed by atoms with Crippen LogP contribution in [-0.4, -0.2) is 31.8 Å². The van der Waals surface area contributed by atoms with E-state index in [2.05, 4.69) is 4.83 Å².